The summed E-state index contributed by atoms with van der Waals surface area (Å²) in [5, 5.41) is 13.3. The number of benzene rings is 1. The first-order valence-corrected chi connectivity index (χ1v) is 6.69. The van der Waals surface area contributed by atoms with Gasteiger partial charge in [-0.3, -0.25) is 14.9 Å². The van der Waals surface area contributed by atoms with Crippen LogP contribution >= 0.6 is 15.9 Å². The first-order chi connectivity index (χ1) is 8.90. The number of carbonyl (C=O) groups excluding carboxylic acids is 1. The molecule has 1 aromatic carbocycles. The van der Waals surface area contributed by atoms with Crippen LogP contribution in [0.25, 0.3) is 0 Å². The zero-order valence-corrected chi connectivity index (χ0v) is 12.1. The molecule has 0 saturated heterocycles. The van der Waals surface area contributed by atoms with Gasteiger partial charge in [0.15, 0.2) is 0 Å². The molecule has 7 heteroatoms. The Bertz CT molecular complexity index is 477. The molecule has 6 nitrogen and oxygen atoms in total. The average molecular weight is 330 g/mol. The van der Waals surface area contributed by atoms with Gasteiger partial charge in [0.1, 0.15) is 0 Å². The molecule has 0 bridgehead atoms. The largest absolute Gasteiger partial charge is 0.328 e. The lowest BCUT2D eigenvalue weighted by molar-refractivity contribution is -0.384. The third-order valence-corrected chi connectivity index (χ3v) is 3.19. The molecule has 0 aliphatic rings. The number of carbonyl (C=O) groups is 1. The van der Waals surface area contributed by atoms with Crippen molar-refractivity contribution < 1.29 is 9.72 Å². The molecule has 104 valence electrons. The lowest BCUT2D eigenvalue weighted by atomic mass is 10.1. The molecule has 1 unspecified atom stereocenters. The highest BCUT2D eigenvalue weighted by atomic mass is 79.9. The van der Waals surface area contributed by atoms with Crippen molar-refractivity contribution in [2.24, 2.45) is 5.73 Å². The topological polar surface area (TPSA) is 98.3 Å². The highest BCUT2D eigenvalue weighted by molar-refractivity contribution is 9.10. The van der Waals surface area contributed by atoms with E-state index in [0.29, 0.717) is 23.0 Å². The summed E-state index contributed by atoms with van der Waals surface area (Å²) in [6.45, 7) is 1.88. The van der Waals surface area contributed by atoms with E-state index >= 15 is 0 Å². The molecule has 1 atom stereocenters. The number of nitrogens with two attached hydrogens (primary N) is 1. The van der Waals surface area contributed by atoms with E-state index in [9.17, 15) is 14.9 Å². The zero-order chi connectivity index (χ0) is 14.4. The number of rotatable bonds is 6. The van der Waals surface area contributed by atoms with Crippen molar-refractivity contribution in [2.45, 2.75) is 32.2 Å². The van der Waals surface area contributed by atoms with Gasteiger partial charge in [-0.1, -0.05) is 0 Å². The summed E-state index contributed by atoms with van der Waals surface area (Å²) in [5.41, 5.74) is 5.94. The monoisotopic (exact) mass is 329 g/mol. The number of nitrogens with zero attached hydrogens (tertiary/aromatic N) is 1. The molecule has 0 spiro atoms. The quantitative estimate of drug-likeness (QED) is 0.619. The number of halogens is 1. The van der Waals surface area contributed by atoms with E-state index in [0.717, 1.165) is 6.42 Å². The average Bonchev–Trinajstić information content (AvgIpc) is 2.31. The van der Waals surface area contributed by atoms with Gasteiger partial charge in [-0.25, -0.2) is 0 Å². The van der Waals surface area contributed by atoms with Crippen LogP contribution in [0.3, 0.4) is 0 Å². The standard InChI is InChI=1S/C12H16BrN3O3/c1-8(14)3-2-4-12(17)15-11-7-9(16(18)19)5-6-10(11)13/h5-8H,2-4,14H2,1H3,(H,15,17). The Hall–Kier alpha value is -1.47. The van der Waals surface area contributed by atoms with Crippen LogP contribution < -0.4 is 11.1 Å². The smallest absolute Gasteiger partial charge is 0.271 e. The minimum absolute atomic E-state index is 0.0610. The van der Waals surface area contributed by atoms with Crippen molar-refractivity contribution in [3.63, 3.8) is 0 Å². The highest BCUT2D eigenvalue weighted by Crippen LogP contribution is 2.27. The number of nitro benzene ring substituents is 1. The molecular formula is C12H16BrN3O3. The van der Waals surface area contributed by atoms with Crippen molar-refractivity contribution in [2.75, 3.05) is 5.32 Å². The fourth-order valence-corrected chi connectivity index (χ4v) is 1.87. The maximum atomic E-state index is 11.7. The number of anilines is 1. The Labute approximate surface area is 119 Å². The van der Waals surface area contributed by atoms with Crippen LogP contribution in [0.1, 0.15) is 26.2 Å². The second-order valence-corrected chi connectivity index (χ2v) is 5.19. The first-order valence-electron chi connectivity index (χ1n) is 5.89. The fraction of sp³-hybridized carbons (Fsp3) is 0.417. The van der Waals surface area contributed by atoms with Crippen molar-refractivity contribution in [1.29, 1.82) is 0 Å². The highest BCUT2D eigenvalue weighted by Gasteiger charge is 2.11. The van der Waals surface area contributed by atoms with E-state index in [1.54, 1.807) is 0 Å². The molecule has 0 heterocycles. The third kappa shape index (κ3) is 5.35. The summed E-state index contributed by atoms with van der Waals surface area (Å²) in [4.78, 5) is 21.8. The van der Waals surface area contributed by atoms with Gasteiger partial charge in [0, 0.05) is 29.1 Å². The summed E-state index contributed by atoms with van der Waals surface area (Å²) in [6.07, 6.45) is 1.80. The van der Waals surface area contributed by atoms with E-state index in [1.165, 1.54) is 18.2 Å². The number of amides is 1. The minimum atomic E-state index is -0.502. The van der Waals surface area contributed by atoms with Gasteiger partial charge < -0.3 is 11.1 Å². The number of non-ortho nitro benzene ring substituents is 1. The van der Waals surface area contributed by atoms with Crippen molar-refractivity contribution in [3.05, 3.63) is 32.8 Å². The Balaban J connectivity index is 2.63. The van der Waals surface area contributed by atoms with Crippen LogP contribution in [0.2, 0.25) is 0 Å². The second-order valence-electron chi connectivity index (χ2n) is 4.34. The van der Waals surface area contributed by atoms with E-state index in [4.69, 9.17) is 5.73 Å². The molecule has 0 fully saturated rings. The van der Waals surface area contributed by atoms with E-state index < -0.39 is 4.92 Å². The van der Waals surface area contributed by atoms with E-state index in [2.05, 4.69) is 21.2 Å². The minimum Gasteiger partial charge on any atom is -0.328 e. The zero-order valence-electron chi connectivity index (χ0n) is 10.6. The molecule has 0 aliphatic heterocycles. The number of hydrogen-bond donors (Lipinski definition) is 2. The molecule has 0 saturated carbocycles. The van der Waals surface area contributed by atoms with Gasteiger partial charge in [-0.05, 0) is 41.8 Å². The summed E-state index contributed by atoms with van der Waals surface area (Å²) in [7, 11) is 0. The Morgan fingerprint density at radius 3 is 2.84 bits per heavy atom. The van der Waals surface area contributed by atoms with Crippen molar-refractivity contribution >= 4 is 33.2 Å². The van der Waals surface area contributed by atoms with Gasteiger partial charge in [0.25, 0.3) is 5.69 Å². The fourth-order valence-electron chi connectivity index (χ4n) is 1.52. The number of hydrogen-bond acceptors (Lipinski definition) is 4. The van der Waals surface area contributed by atoms with Gasteiger partial charge in [-0.15, -0.1) is 0 Å². The molecule has 1 rings (SSSR count). The van der Waals surface area contributed by atoms with Gasteiger partial charge in [-0.2, -0.15) is 0 Å². The van der Waals surface area contributed by atoms with Crippen LogP contribution in [0.15, 0.2) is 22.7 Å². The van der Waals surface area contributed by atoms with E-state index in [1.807, 2.05) is 6.92 Å². The summed E-state index contributed by atoms with van der Waals surface area (Å²) < 4.78 is 0.610. The Kier molecular flexibility index (Phi) is 5.91. The van der Waals surface area contributed by atoms with Crippen LogP contribution in [0, 0.1) is 10.1 Å². The lowest BCUT2D eigenvalue weighted by Crippen LogP contribution is -2.17. The van der Waals surface area contributed by atoms with Gasteiger partial charge >= 0.3 is 0 Å². The molecular weight excluding hydrogens is 314 g/mol. The van der Waals surface area contributed by atoms with Crippen molar-refractivity contribution in [1.82, 2.24) is 0 Å². The molecule has 1 amide bonds. The predicted molar refractivity (Wildman–Crippen MR) is 76.9 cm³/mol. The molecule has 0 radical (unpaired) electrons. The molecule has 0 aliphatic carbocycles. The number of nitro groups is 1. The molecule has 3 N–H and O–H groups in total. The molecule has 1 aromatic rings. The van der Waals surface area contributed by atoms with Gasteiger partial charge in [0.2, 0.25) is 5.91 Å². The van der Waals surface area contributed by atoms with Crippen molar-refractivity contribution in [3.8, 4) is 0 Å². The Morgan fingerprint density at radius 1 is 1.58 bits per heavy atom. The van der Waals surface area contributed by atoms with Crippen LogP contribution in [0.4, 0.5) is 11.4 Å². The number of nitrogens with one attached hydrogen (secondary N) is 1. The van der Waals surface area contributed by atoms with Crippen LogP contribution in [0.5, 0.6) is 0 Å². The molecule has 0 aromatic heterocycles. The normalized spacial score (nSPS) is 11.9. The maximum absolute atomic E-state index is 11.7. The second kappa shape index (κ2) is 7.20. The Morgan fingerprint density at radius 2 is 2.26 bits per heavy atom. The predicted octanol–water partition coefficient (Wildman–Crippen LogP) is 2.81. The summed E-state index contributed by atoms with van der Waals surface area (Å²) in [6, 6.07) is 4.30. The third-order valence-electron chi connectivity index (χ3n) is 2.50. The van der Waals surface area contributed by atoms with Gasteiger partial charge in [0.05, 0.1) is 10.6 Å². The molecule has 19 heavy (non-hydrogen) atoms. The van der Waals surface area contributed by atoms with Crippen LogP contribution in [-0.4, -0.2) is 16.9 Å². The lowest BCUT2D eigenvalue weighted by Gasteiger charge is -2.08. The SMILES string of the molecule is CC(N)CCCC(=O)Nc1cc([N+](=O)[O-])ccc1Br. The summed E-state index contributed by atoms with van der Waals surface area (Å²) >= 11 is 3.24. The maximum Gasteiger partial charge on any atom is 0.271 e. The summed E-state index contributed by atoms with van der Waals surface area (Å²) in [5.74, 6) is -0.179. The van der Waals surface area contributed by atoms with E-state index in [-0.39, 0.29) is 17.6 Å². The van der Waals surface area contributed by atoms with Crippen LogP contribution in [-0.2, 0) is 4.79 Å². The first kappa shape index (κ1) is 15.6.